The van der Waals surface area contributed by atoms with Gasteiger partial charge in [0.15, 0.2) is 5.78 Å². The van der Waals surface area contributed by atoms with E-state index in [0.717, 1.165) is 28.3 Å². The van der Waals surface area contributed by atoms with Crippen LogP contribution in [0.25, 0.3) is 22.0 Å². The molecule has 0 aliphatic carbocycles. The SMILES string of the molecule is O=C(Cc1cnn(Cc2ccccc2)c1)c1n[nH]c2cc(-c3cncc(F)c3)ccc12. The van der Waals surface area contributed by atoms with Crippen LogP contribution in [0.2, 0.25) is 0 Å². The van der Waals surface area contributed by atoms with Crippen molar-refractivity contribution in [1.82, 2.24) is 25.0 Å². The van der Waals surface area contributed by atoms with Crippen LogP contribution >= 0.6 is 0 Å². The lowest BCUT2D eigenvalue weighted by molar-refractivity contribution is 0.0989. The fraction of sp³-hybridized carbons (Fsp3) is 0.0833. The van der Waals surface area contributed by atoms with Gasteiger partial charge in [0, 0.05) is 29.8 Å². The number of benzene rings is 2. The average Bonchev–Trinajstić information content (AvgIpc) is 3.40. The van der Waals surface area contributed by atoms with Crippen LogP contribution in [0.5, 0.6) is 0 Å². The highest BCUT2D eigenvalue weighted by Crippen LogP contribution is 2.25. The van der Waals surface area contributed by atoms with Gasteiger partial charge in [0.05, 0.1) is 24.5 Å². The fourth-order valence-electron chi connectivity index (χ4n) is 3.61. The molecule has 5 aromatic rings. The third kappa shape index (κ3) is 3.98. The smallest absolute Gasteiger partial charge is 0.188 e. The molecular weight excluding hydrogens is 393 g/mol. The first-order valence-electron chi connectivity index (χ1n) is 9.83. The number of carbonyl (C=O) groups is 1. The molecule has 1 N–H and O–H groups in total. The lowest BCUT2D eigenvalue weighted by Crippen LogP contribution is -2.04. The maximum Gasteiger partial charge on any atom is 0.188 e. The van der Waals surface area contributed by atoms with E-state index in [-0.39, 0.29) is 12.2 Å². The molecule has 0 amide bonds. The molecule has 0 aliphatic heterocycles. The van der Waals surface area contributed by atoms with Crippen LogP contribution in [0.15, 0.2) is 79.4 Å². The van der Waals surface area contributed by atoms with Gasteiger partial charge in [-0.3, -0.25) is 19.6 Å². The number of aromatic amines is 1. The summed E-state index contributed by atoms with van der Waals surface area (Å²) in [6.07, 6.45) is 6.57. The van der Waals surface area contributed by atoms with E-state index < -0.39 is 5.82 Å². The Kier molecular flexibility index (Phi) is 4.84. The molecule has 0 atom stereocenters. The zero-order chi connectivity index (χ0) is 21.2. The molecule has 152 valence electrons. The predicted molar refractivity (Wildman–Crippen MR) is 115 cm³/mol. The van der Waals surface area contributed by atoms with E-state index in [1.54, 1.807) is 12.4 Å². The number of halogens is 1. The Hall–Kier alpha value is -4.13. The first-order chi connectivity index (χ1) is 15.2. The van der Waals surface area contributed by atoms with Gasteiger partial charge in [0.25, 0.3) is 0 Å². The van der Waals surface area contributed by atoms with Crippen LogP contribution in [0.1, 0.15) is 21.6 Å². The summed E-state index contributed by atoms with van der Waals surface area (Å²) >= 11 is 0. The molecule has 0 bridgehead atoms. The van der Waals surface area contributed by atoms with E-state index in [4.69, 9.17) is 0 Å². The lowest BCUT2D eigenvalue weighted by atomic mass is 10.0. The second-order valence-electron chi connectivity index (χ2n) is 7.36. The number of nitrogens with one attached hydrogen (secondary N) is 1. The second kappa shape index (κ2) is 7.95. The largest absolute Gasteiger partial charge is 0.292 e. The van der Waals surface area contributed by atoms with E-state index in [0.29, 0.717) is 23.3 Å². The van der Waals surface area contributed by atoms with Crippen molar-refractivity contribution in [2.75, 3.05) is 0 Å². The number of aromatic nitrogens is 5. The number of fused-ring (bicyclic) bond motifs is 1. The van der Waals surface area contributed by atoms with Crippen molar-refractivity contribution < 1.29 is 9.18 Å². The number of H-pyrrole nitrogens is 1. The molecule has 3 heterocycles. The number of nitrogens with zero attached hydrogens (tertiary/aromatic N) is 4. The van der Waals surface area contributed by atoms with Crippen molar-refractivity contribution in [2.45, 2.75) is 13.0 Å². The third-order valence-electron chi connectivity index (χ3n) is 5.10. The first kappa shape index (κ1) is 18.9. The molecule has 7 heteroatoms. The van der Waals surface area contributed by atoms with E-state index in [1.807, 2.05) is 59.4 Å². The molecule has 0 unspecified atom stereocenters. The minimum Gasteiger partial charge on any atom is -0.292 e. The molecule has 0 fully saturated rings. The molecule has 0 saturated carbocycles. The monoisotopic (exact) mass is 411 g/mol. The third-order valence-corrected chi connectivity index (χ3v) is 5.10. The zero-order valence-corrected chi connectivity index (χ0v) is 16.5. The quantitative estimate of drug-likeness (QED) is 0.419. The van der Waals surface area contributed by atoms with Crippen molar-refractivity contribution in [3.8, 4) is 11.1 Å². The summed E-state index contributed by atoms with van der Waals surface area (Å²) in [5.74, 6) is -0.489. The normalized spacial score (nSPS) is 11.1. The maximum atomic E-state index is 13.5. The van der Waals surface area contributed by atoms with Crippen LogP contribution in [0.3, 0.4) is 0 Å². The zero-order valence-electron chi connectivity index (χ0n) is 16.5. The molecule has 31 heavy (non-hydrogen) atoms. The van der Waals surface area contributed by atoms with Gasteiger partial charge in [-0.15, -0.1) is 0 Å². The number of carbonyl (C=O) groups excluding carboxylic acids is 1. The Labute approximate surface area is 177 Å². The Morgan fingerprint density at radius 3 is 2.68 bits per heavy atom. The summed E-state index contributed by atoms with van der Waals surface area (Å²) < 4.78 is 15.3. The van der Waals surface area contributed by atoms with Gasteiger partial charge in [0.1, 0.15) is 11.5 Å². The number of ketones is 1. The summed E-state index contributed by atoms with van der Waals surface area (Å²) in [5, 5.41) is 12.2. The van der Waals surface area contributed by atoms with Crippen molar-refractivity contribution >= 4 is 16.7 Å². The number of rotatable bonds is 6. The van der Waals surface area contributed by atoms with Crippen LogP contribution in [0, 0.1) is 5.82 Å². The van der Waals surface area contributed by atoms with Crippen molar-refractivity contribution in [3.05, 3.63) is 102 Å². The van der Waals surface area contributed by atoms with Crippen molar-refractivity contribution in [3.63, 3.8) is 0 Å². The molecule has 6 nitrogen and oxygen atoms in total. The Morgan fingerprint density at radius 1 is 0.968 bits per heavy atom. The molecule has 2 aromatic carbocycles. The summed E-state index contributed by atoms with van der Waals surface area (Å²) in [4.78, 5) is 16.8. The molecule has 0 radical (unpaired) electrons. The van der Waals surface area contributed by atoms with Crippen LogP contribution < -0.4 is 0 Å². The average molecular weight is 411 g/mol. The molecule has 0 spiro atoms. The summed E-state index contributed by atoms with van der Waals surface area (Å²) in [7, 11) is 0. The standard InChI is InChI=1S/C24H18FN5O/c25-20-9-19(12-26-13-20)18-6-7-21-22(10-18)28-29-24(21)23(31)8-17-11-27-30(15-17)14-16-4-2-1-3-5-16/h1-7,9-13,15H,8,14H2,(H,28,29). The molecule has 0 saturated heterocycles. The van der Waals surface area contributed by atoms with Gasteiger partial charge >= 0.3 is 0 Å². The fourth-order valence-corrected chi connectivity index (χ4v) is 3.61. The Bertz CT molecular complexity index is 1370. The van der Waals surface area contributed by atoms with Gasteiger partial charge in [0.2, 0.25) is 0 Å². The maximum absolute atomic E-state index is 13.5. The Balaban J connectivity index is 1.34. The summed E-state index contributed by atoms with van der Waals surface area (Å²) in [6.45, 7) is 0.651. The summed E-state index contributed by atoms with van der Waals surface area (Å²) in [6, 6.07) is 16.9. The highest BCUT2D eigenvalue weighted by molar-refractivity contribution is 6.07. The van der Waals surface area contributed by atoms with Crippen LogP contribution in [-0.2, 0) is 13.0 Å². The van der Waals surface area contributed by atoms with Gasteiger partial charge in [-0.25, -0.2) is 4.39 Å². The minimum atomic E-state index is -0.397. The minimum absolute atomic E-state index is 0.0920. The number of pyridine rings is 1. The number of Topliss-reactive ketones (excluding diaryl/α,β-unsaturated/α-hetero) is 1. The predicted octanol–water partition coefficient (Wildman–Crippen LogP) is 4.43. The van der Waals surface area contributed by atoms with Crippen LogP contribution in [0.4, 0.5) is 4.39 Å². The molecular formula is C24H18FN5O. The number of hydrogen-bond acceptors (Lipinski definition) is 4. The summed E-state index contributed by atoms with van der Waals surface area (Å²) in [5.41, 5.74) is 4.53. The van der Waals surface area contributed by atoms with Gasteiger partial charge < -0.3 is 0 Å². The molecule has 5 rings (SSSR count). The van der Waals surface area contributed by atoms with Crippen molar-refractivity contribution in [2.24, 2.45) is 0 Å². The molecule has 3 aromatic heterocycles. The number of hydrogen-bond donors (Lipinski definition) is 1. The topological polar surface area (TPSA) is 76.5 Å². The van der Waals surface area contributed by atoms with Gasteiger partial charge in [-0.2, -0.15) is 10.2 Å². The first-order valence-corrected chi connectivity index (χ1v) is 9.83. The molecule has 0 aliphatic rings. The van der Waals surface area contributed by atoms with E-state index in [9.17, 15) is 9.18 Å². The second-order valence-corrected chi connectivity index (χ2v) is 7.36. The van der Waals surface area contributed by atoms with E-state index >= 15 is 0 Å². The van der Waals surface area contributed by atoms with Crippen molar-refractivity contribution in [1.29, 1.82) is 0 Å². The van der Waals surface area contributed by atoms with Gasteiger partial charge in [-0.1, -0.05) is 36.4 Å². The van der Waals surface area contributed by atoms with E-state index in [2.05, 4.69) is 20.3 Å². The Morgan fingerprint density at radius 2 is 1.84 bits per heavy atom. The highest BCUT2D eigenvalue weighted by atomic mass is 19.1. The highest BCUT2D eigenvalue weighted by Gasteiger charge is 2.16. The van der Waals surface area contributed by atoms with Crippen LogP contribution in [-0.4, -0.2) is 30.7 Å². The van der Waals surface area contributed by atoms with Gasteiger partial charge in [-0.05, 0) is 34.9 Å². The van der Waals surface area contributed by atoms with E-state index in [1.165, 1.54) is 6.07 Å². The lowest BCUT2D eigenvalue weighted by Gasteiger charge is -2.02.